The minimum Gasteiger partial charge on any atom is -0.377 e. The smallest absolute Gasteiger partial charge is 0.297 e. The maximum atomic E-state index is 13.1. The van der Waals surface area contributed by atoms with Crippen molar-refractivity contribution < 1.29 is 41.3 Å². The first-order valence-electron chi connectivity index (χ1n) is 12.5. The van der Waals surface area contributed by atoms with Crippen molar-refractivity contribution in [2.75, 3.05) is 38.2 Å². The molecule has 0 bridgehead atoms. The number of rotatable bonds is 12. The molecule has 0 spiro atoms. The summed E-state index contributed by atoms with van der Waals surface area (Å²) in [6, 6.07) is 9.72. The Balaban J connectivity index is 1.20. The van der Waals surface area contributed by atoms with Crippen LogP contribution in [0.4, 0.5) is 5.69 Å². The lowest BCUT2D eigenvalue weighted by atomic mass is 10.0. The van der Waals surface area contributed by atoms with Crippen molar-refractivity contribution in [3.8, 4) is 0 Å². The summed E-state index contributed by atoms with van der Waals surface area (Å²) in [5, 5.41) is 7.60. The van der Waals surface area contributed by atoms with Crippen LogP contribution in [0.3, 0.4) is 0 Å². The molecule has 2 aromatic rings. The lowest BCUT2D eigenvalue weighted by molar-refractivity contribution is -0.136. The van der Waals surface area contributed by atoms with E-state index in [1.807, 2.05) is 6.92 Å². The molecule has 0 aliphatic carbocycles. The zero-order chi connectivity index (χ0) is 28.9. The van der Waals surface area contributed by atoms with Gasteiger partial charge in [-0.2, -0.15) is 8.42 Å². The highest BCUT2D eigenvalue weighted by Crippen LogP contribution is 2.32. The van der Waals surface area contributed by atoms with Gasteiger partial charge in [-0.1, -0.05) is 23.8 Å². The number of imide groups is 2. The normalized spacial score (nSPS) is 17.0. The van der Waals surface area contributed by atoms with Gasteiger partial charge in [0.15, 0.2) is 0 Å². The molecule has 1 atom stereocenters. The fraction of sp³-hybridized carbons (Fsp3) is 0.346. The van der Waals surface area contributed by atoms with Gasteiger partial charge in [0.25, 0.3) is 21.9 Å². The zero-order valence-electron chi connectivity index (χ0n) is 21.6. The highest BCUT2D eigenvalue weighted by molar-refractivity contribution is 7.86. The van der Waals surface area contributed by atoms with Crippen LogP contribution in [0, 0.1) is 6.92 Å². The van der Waals surface area contributed by atoms with Crippen molar-refractivity contribution in [2.24, 2.45) is 0 Å². The molecule has 2 aliphatic heterocycles. The number of amides is 5. The van der Waals surface area contributed by atoms with Crippen LogP contribution in [0.5, 0.6) is 0 Å². The van der Waals surface area contributed by atoms with Crippen LogP contribution in [0.2, 0.25) is 0 Å². The molecule has 1 fully saturated rings. The van der Waals surface area contributed by atoms with Gasteiger partial charge in [0.2, 0.25) is 17.7 Å². The molecule has 2 aromatic carbocycles. The van der Waals surface area contributed by atoms with E-state index in [1.54, 1.807) is 24.3 Å². The predicted octanol–water partition coefficient (Wildman–Crippen LogP) is 0.346. The minimum atomic E-state index is -3.88. The maximum absolute atomic E-state index is 13.1. The van der Waals surface area contributed by atoms with Crippen LogP contribution in [-0.4, -0.2) is 81.8 Å². The first-order chi connectivity index (χ1) is 19.1. The number of fused-ring (bicyclic) bond motifs is 1. The van der Waals surface area contributed by atoms with Crippen molar-refractivity contribution in [1.29, 1.82) is 0 Å². The second-order valence-electron chi connectivity index (χ2n) is 9.08. The number of hydrogen-bond acceptors (Lipinski definition) is 10. The molecule has 212 valence electrons. The molecule has 40 heavy (non-hydrogen) atoms. The number of hydrogen-bond donors (Lipinski definition) is 3. The summed E-state index contributed by atoms with van der Waals surface area (Å²) >= 11 is 0. The fourth-order valence-corrected chi connectivity index (χ4v) is 5.13. The van der Waals surface area contributed by atoms with E-state index >= 15 is 0 Å². The molecule has 2 heterocycles. The number of nitrogens with one attached hydrogen (secondary N) is 3. The Morgan fingerprint density at radius 1 is 1.02 bits per heavy atom. The average molecular weight is 573 g/mol. The van der Waals surface area contributed by atoms with Crippen molar-refractivity contribution in [2.45, 2.75) is 30.7 Å². The highest BCUT2D eigenvalue weighted by atomic mass is 32.2. The molecule has 0 aromatic heterocycles. The number of carbonyl (C=O) groups is 5. The van der Waals surface area contributed by atoms with Gasteiger partial charge in [0.05, 0.1) is 42.4 Å². The van der Waals surface area contributed by atoms with E-state index in [1.165, 1.54) is 18.2 Å². The number of aryl methyl sites for hydroxylation is 1. The van der Waals surface area contributed by atoms with Crippen LogP contribution >= 0.6 is 0 Å². The summed E-state index contributed by atoms with van der Waals surface area (Å²) in [7, 11) is -3.88. The molecule has 14 heteroatoms. The number of carbonyl (C=O) groups excluding carboxylic acids is 5. The molecule has 0 radical (unpaired) electrons. The Bertz CT molecular complexity index is 1440. The number of anilines is 1. The monoisotopic (exact) mass is 572 g/mol. The second kappa shape index (κ2) is 12.4. The maximum Gasteiger partial charge on any atom is 0.297 e. The Hall–Kier alpha value is -4.14. The standard InChI is InChI=1S/C26H28N4O9S/c1-16-5-7-17(8-6-16)40(36,37)39-14-13-38-12-11-27-22(32)15-28-19-4-2-3-18-23(19)26(35)30(25(18)34)20-9-10-21(31)29-24(20)33/h2-8,20,28H,9-15H2,1H3,(H,27,32)(H,29,31,33). The summed E-state index contributed by atoms with van der Waals surface area (Å²) in [5.74, 6) is -2.91. The minimum absolute atomic E-state index is 0.00478. The van der Waals surface area contributed by atoms with Crippen molar-refractivity contribution in [3.05, 3.63) is 59.2 Å². The van der Waals surface area contributed by atoms with Crippen LogP contribution in [0.25, 0.3) is 0 Å². The van der Waals surface area contributed by atoms with Gasteiger partial charge in [-0.25, -0.2) is 0 Å². The summed E-state index contributed by atoms with van der Waals surface area (Å²) in [6.07, 6.45) is 0.0520. The van der Waals surface area contributed by atoms with Crippen LogP contribution in [0.1, 0.15) is 39.1 Å². The van der Waals surface area contributed by atoms with Gasteiger partial charge in [-0.15, -0.1) is 0 Å². The van der Waals surface area contributed by atoms with Gasteiger partial charge in [0.1, 0.15) is 6.04 Å². The quantitative estimate of drug-likeness (QED) is 0.183. The van der Waals surface area contributed by atoms with E-state index in [-0.39, 0.29) is 67.5 Å². The van der Waals surface area contributed by atoms with Gasteiger partial charge in [-0.05, 0) is 37.6 Å². The summed E-state index contributed by atoms with van der Waals surface area (Å²) in [6.45, 7) is 1.68. The first kappa shape index (κ1) is 28.9. The van der Waals surface area contributed by atoms with E-state index in [2.05, 4.69) is 16.0 Å². The summed E-state index contributed by atoms with van der Waals surface area (Å²) in [4.78, 5) is 62.8. The molecule has 13 nitrogen and oxygen atoms in total. The third kappa shape index (κ3) is 6.52. The van der Waals surface area contributed by atoms with Crippen molar-refractivity contribution in [3.63, 3.8) is 0 Å². The van der Waals surface area contributed by atoms with Gasteiger partial charge in [-0.3, -0.25) is 38.4 Å². The largest absolute Gasteiger partial charge is 0.377 e. The summed E-state index contributed by atoms with van der Waals surface area (Å²) < 4.78 is 34.5. The molecule has 4 rings (SSSR count). The SMILES string of the molecule is Cc1ccc(S(=O)(=O)OCCOCCNC(=O)CNc2cccc3c2C(=O)N(C2CCC(=O)NC2=O)C3=O)cc1. The van der Waals surface area contributed by atoms with Gasteiger partial charge in [0, 0.05) is 18.7 Å². The fourth-order valence-electron chi connectivity index (χ4n) is 4.24. The molecule has 5 amide bonds. The number of benzene rings is 2. The first-order valence-corrected chi connectivity index (χ1v) is 13.9. The molecule has 1 saturated heterocycles. The van der Waals surface area contributed by atoms with Crippen molar-refractivity contribution >= 4 is 45.3 Å². The summed E-state index contributed by atoms with van der Waals surface area (Å²) in [5.41, 5.74) is 1.32. The molecule has 1 unspecified atom stereocenters. The van der Waals surface area contributed by atoms with E-state index in [9.17, 15) is 32.4 Å². The second-order valence-corrected chi connectivity index (χ2v) is 10.7. The van der Waals surface area contributed by atoms with Gasteiger partial charge >= 0.3 is 0 Å². The highest BCUT2D eigenvalue weighted by Gasteiger charge is 2.45. The number of piperidine rings is 1. The number of nitrogens with zero attached hydrogens (tertiary/aromatic N) is 1. The average Bonchev–Trinajstić information content (AvgIpc) is 3.17. The van der Waals surface area contributed by atoms with Crippen LogP contribution < -0.4 is 16.0 Å². The van der Waals surface area contributed by atoms with Crippen molar-refractivity contribution in [1.82, 2.24) is 15.5 Å². The molecule has 3 N–H and O–H groups in total. The third-order valence-electron chi connectivity index (χ3n) is 6.25. The van der Waals surface area contributed by atoms with E-state index in [0.29, 0.717) is 0 Å². The van der Waals surface area contributed by atoms with E-state index in [4.69, 9.17) is 8.92 Å². The van der Waals surface area contributed by atoms with E-state index in [0.717, 1.165) is 10.5 Å². The lowest BCUT2D eigenvalue weighted by Crippen LogP contribution is -2.54. The molecule has 0 saturated carbocycles. The van der Waals surface area contributed by atoms with Crippen LogP contribution in [-0.2, 0) is 33.4 Å². The Kier molecular flexibility index (Phi) is 8.92. The molecular formula is C26H28N4O9S. The topological polar surface area (TPSA) is 177 Å². The third-order valence-corrected chi connectivity index (χ3v) is 7.58. The van der Waals surface area contributed by atoms with Crippen LogP contribution in [0.15, 0.2) is 47.4 Å². The Labute approximate surface area is 230 Å². The lowest BCUT2D eigenvalue weighted by Gasteiger charge is -2.27. The zero-order valence-corrected chi connectivity index (χ0v) is 22.4. The van der Waals surface area contributed by atoms with E-state index < -0.39 is 45.7 Å². The Morgan fingerprint density at radius 2 is 1.77 bits per heavy atom. The molecular weight excluding hydrogens is 544 g/mol. The van der Waals surface area contributed by atoms with Gasteiger partial charge < -0.3 is 15.4 Å². The number of ether oxygens (including phenoxy) is 1. The molecule has 2 aliphatic rings. The Morgan fingerprint density at radius 3 is 2.50 bits per heavy atom. The predicted molar refractivity (Wildman–Crippen MR) is 140 cm³/mol.